The van der Waals surface area contributed by atoms with Crippen LogP contribution in [0.1, 0.15) is 39.8 Å². The van der Waals surface area contributed by atoms with Crippen LogP contribution >= 0.6 is 11.3 Å². The normalized spacial score (nSPS) is 14.7. The fraction of sp³-hybridized carbons (Fsp3) is 0.385. The predicted molar refractivity (Wildman–Crippen MR) is 70.7 cm³/mol. The molecule has 1 N–H and O–H groups in total. The monoisotopic (exact) mass is 261 g/mol. The summed E-state index contributed by atoms with van der Waals surface area (Å²) in [6, 6.07) is 2.57. The molecule has 3 rings (SSSR count). The van der Waals surface area contributed by atoms with Gasteiger partial charge in [-0.1, -0.05) is 0 Å². The number of aromatic nitrogens is 2. The van der Waals surface area contributed by atoms with E-state index in [1.807, 2.05) is 30.9 Å². The van der Waals surface area contributed by atoms with Crippen molar-refractivity contribution in [3.05, 3.63) is 40.1 Å². The van der Waals surface area contributed by atoms with Crippen molar-refractivity contribution in [1.82, 2.24) is 14.9 Å². The number of nitrogens with zero attached hydrogens (tertiary/aromatic N) is 2. The molecule has 0 atom stereocenters. The summed E-state index contributed by atoms with van der Waals surface area (Å²) in [5.41, 5.74) is 2.12. The lowest BCUT2D eigenvalue weighted by molar-refractivity contribution is 0.0953. The van der Waals surface area contributed by atoms with Gasteiger partial charge in [-0.15, -0.1) is 11.3 Å². The summed E-state index contributed by atoms with van der Waals surface area (Å²) in [6.07, 6.45) is 6.14. The zero-order valence-corrected chi connectivity index (χ0v) is 11.0. The SMILES string of the molecule is Cc1ccsc1C(=O)NCc1cncn1C1CC1. The number of carbonyl (C=O) groups is 1. The van der Waals surface area contributed by atoms with Gasteiger partial charge in [0.2, 0.25) is 0 Å². The first-order valence-corrected chi connectivity index (χ1v) is 6.96. The van der Waals surface area contributed by atoms with Gasteiger partial charge in [-0.25, -0.2) is 4.98 Å². The van der Waals surface area contributed by atoms with Crippen LogP contribution in [0.15, 0.2) is 24.0 Å². The highest BCUT2D eigenvalue weighted by Crippen LogP contribution is 2.35. The number of carbonyl (C=O) groups excluding carboxylic acids is 1. The highest BCUT2D eigenvalue weighted by atomic mass is 32.1. The minimum Gasteiger partial charge on any atom is -0.346 e. The van der Waals surface area contributed by atoms with E-state index in [-0.39, 0.29) is 5.91 Å². The van der Waals surface area contributed by atoms with Gasteiger partial charge in [0.05, 0.1) is 23.4 Å². The van der Waals surface area contributed by atoms with Crippen LogP contribution in [0.2, 0.25) is 0 Å². The molecule has 1 aliphatic carbocycles. The molecule has 0 aliphatic heterocycles. The lowest BCUT2D eigenvalue weighted by atomic mass is 10.3. The Hall–Kier alpha value is -1.62. The predicted octanol–water partition coefficient (Wildman–Crippen LogP) is 2.52. The first-order chi connectivity index (χ1) is 8.75. The van der Waals surface area contributed by atoms with E-state index in [1.165, 1.54) is 24.2 Å². The van der Waals surface area contributed by atoms with Crippen LogP contribution in [0.3, 0.4) is 0 Å². The van der Waals surface area contributed by atoms with Gasteiger partial charge in [-0.05, 0) is 36.8 Å². The van der Waals surface area contributed by atoms with Crippen molar-refractivity contribution < 1.29 is 4.79 Å². The Balaban J connectivity index is 1.66. The third-order valence-corrected chi connectivity index (χ3v) is 4.20. The third-order valence-electron chi connectivity index (χ3n) is 3.18. The number of hydrogen-bond donors (Lipinski definition) is 1. The number of nitrogens with one attached hydrogen (secondary N) is 1. The molecule has 1 fully saturated rings. The summed E-state index contributed by atoms with van der Waals surface area (Å²) in [5, 5.41) is 4.91. The maximum atomic E-state index is 12.0. The van der Waals surface area contributed by atoms with Crippen molar-refractivity contribution in [1.29, 1.82) is 0 Å². The minimum absolute atomic E-state index is 0.00560. The molecule has 0 radical (unpaired) electrons. The zero-order valence-electron chi connectivity index (χ0n) is 10.2. The summed E-state index contributed by atoms with van der Waals surface area (Å²) >= 11 is 1.48. The van der Waals surface area contributed by atoms with Gasteiger partial charge >= 0.3 is 0 Å². The molecule has 0 aromatic carbocycles. The Bertz CT molecular complexity index is 568. The molecule has 1 aliphatic rings. The molecule has 94 valence electrons. The van der Waals surface area contributed by atoms with Crippen LogP contribution in [0.5, 0.6) is 0 Å². The van der Waals surface area contributed by atoms with Gasteiger partial charge in [0.15, 0.2) is 0 Å². The van der Waals surface area contributed by atoms with E-state index in [2.05, 4.69) is 14.9 Å². The molecule has 0 saturated heterocycles. The van der Waals surface area contributed by atoms with E-state index in [0.29, 0.717) is 12.6 Å². The summed E-state index contributed by atoms with van der Waals surface area (Å²) in [6.45, 7) is 2.51. The fourth-order valence-electron chi connectivity index (χ4n) is 2.01. The molecular weight excluding hydrogens is 246 g/mol. The van der Waals surface area contributed by atoms with Crippen molar-refractivity contribution in [2.75, 3.05) is 0 Å². The first-order valence-electron chi connectivity index (χ1n) is 6.08. The molecule has 0 bridgehead atoms. The van der Waals surface area contributed by atoms with E-state index in [9.17, 15) is 4.79 Å². The van der Waals surface area contributed by atoms with Gasteiger partial charge in [0, 0.05) is 12.2 Å². The maximum Gasteiger partial charge on any atom is 0.261 e. The molecule has 0 spiro atoms. The molecular formula is C13H15N3OS. The quantitative estimate of drug-likeness (QED) is 0.919. The number of amides is 1. The van der Waals surface area contributed by atoms with Crippen LogP contribution in [-0.4, -0.2) is 15.5 Å². The number of rotatable bonds is 4. The number of imidazole rings is 1. The lowest BCUT2D eigenvalue weighted by Crippen LogP contribution is -2.23. The van der Waals surface area contributed by atoms with E-state index in [4.69, 9.17) is 0 Å². The Morgan fingerprint density at radius 3 is 3.11 bits per heavy atom. The lowest BCUT2D eigenvalue weighted by Gasteiger charge is -2.07. The summed E-state index contributed by atoms with van der Waals surface area (Å²) in [4.78, 5) is 16.9. The van der Waals surface area contributed by atoms with Crippen molar-refractivity contribution in [3.8, 4) is 0 Å². The van der Waals surface area contributed by atoms with Crippen molar-refractivity contribution in [2.45, 2.75) is 32.4 Å². The number of thiophene rings is 1. The Labute approximate surface area is 110 Å². The standard InChI is InChI=1S/C13H15N3OS/c1-9-4-5-18-12(9)13(17)15-7-11-6-14-8-16(11)10-2-3-10/h4-6,8,10H,2-3,7H2,1H3,(H,15,17). The van der Waals surface area contributed by atoms with E-state index < -0.39 is 0 Å². The molecule has 0 unspecified atom stereocenters. The molecule has 2 aromatic rings. The van der Waals surface area contributed by atoms with E-state index in [0.717, 1.165) is 16.1 Å². The highest BCUT2D eigenvalue weighted by Gasteiger charge is 2.25. The average Bonchev–Trinajstić information content (AvgIpc) is 2.94. The Morgan fingerprint density at radius 1 is 1.61 bits per heavy atom. The molecule has 2 heterocycles. The molecule has 2 aromatic heterocycles. The second kappa shape index (κ2) is 4.57. The van der Waals surface area contributed by atoms with E-state index in [1.54, 1.807) is 0 Å². The minimum atomic E-state index is 0.00560. The van der Waals surface area contributed by atoms with Gasteiger partial charge in [0.25, 0.3) is 5.91 Å². The van der Waals surface area contributed by atoms with Crippen molar-refractivity contribution in [2.24, 2.45) is 0 Å². The number of aryl methyl sites for hydroxylation is 1. The molecule has 4 nitrogen and oxygen atoms in total. The van der Waals surface area contributed by atoms with Gasteiger partial charge in [-0.3, -0.25) is 4.79 Å². The van der Waals surface area contributed by atoms with Crippen LogP contribution in [-0.2, 0) is 6.54 Å². The van der Waals surface area contributed by atoms with Crippen LogP contribution in [0.4, 0.5) is 0 Å². The van der Waals surface area contributed by atoms with Crippen molar-refractivity contribution in [3.63, 3.8) is 0 Å². The smallest absolute Gasteiger partial charge is 0.261 e. The molecule has 5 heteroatoms. The van der Waals surface area contributed by atoms with Gasteiger partial charge in [-0.2, -0.15) is 0 Å². The summed E-state index contributed by atoms with van der Waals surface area (Å²) < 4.78 is 2.17. The molecule has 1 amide bonds. The van der Waals surface area contributed by atoms with Gasteiger partial charge < -0.3 is 9.88 Å². The Morgan fingerprint density at radius 2 is 2.44 bits per heavy atom. The number of hydrogen-bond acceptors (Lipinski definition) is 3. The third kappa shape index (κ3) is 2.18. The summed E-state index contributed by atoms with van der Waals surface area (Å²) in [7, 11) is 0. The highest BCUT2D eigenvalue weighted by molar-refractivity contribution is 7.12. The average molecular weight is 261 g/mol. The topological polar surface area (TPSA) is 46.9 Å². The Kier molecular flexibility index (Phi) is 2.91. The summed E-state index contributed by atoms with van der Waals surface area (Å²) in [5.74, 6) is 0.00560. The van der Waals surface area contributed by atoms with Crippen LogP contribution < -0.4 is 5.32 Å². The zero-order chi connectivity index (χ0) is 12.5. The second-order valence-corrected chi connectivity index (χ2v) is 5.55. The second-order valence-electron chi connectivity index (χ2n) is 4.64. The fourth-order valence-corrected chi connectivity index (χ4v) is 2.85. The van der Waals surface area contributed by atoms with E-state index >= 15 is 0 Å². The first kappa shape index (κ1) is 11.5. The largest absolute Gasteiger partial charge is 0.346 e. The molecule has 18 heavy (non-hydrogen) atoms. The van der Waals surface area contributed by atoms with Gasteiger partial charge in [0.1, 0.15) is 0 Å². The van der Waals surface area contributed by atoms with Crippen molar-refractivity contribution >= 4 is 17.2 Å². The molecule has 1 saturated carbocycles. The maximum absolute atomic E-state index is 12.0. The van der Waals surface area contributed by atoms with Crippen LogP contribution in [0.25, 0.3) is 0 Å². The van der Waals surface area contributed by atoms with Crippen LogP contribution in [0, 0.1) is 6.92 Å².